The first-order valence-electron chi connectivity index (χ1n) is 5.18. The molecule has 0 fully saturated rings. The molecule has 0 saturated carbocycles. The van der Waals surface area contributed by atoms with Gasteiger partial charge in [0.05, 0.1) is 12.7 Å². The second kappa shape index (κ2) is 6.42. The molecule has 0 spiro atoms. The molecule has 0 aliphatic rings. The fourth-order valence-electron chi connectivity index (χ4n) is 1.54. The lowest BCUT2D eigenvalue weighted by Gasteiger charge is -2.20. The topological polar surface area (TPSA) is 71.6 Å². The normalized spacial score (nSPS) is 13.0. The summed E-state index contributed by atoms with van der Waals surface area (Å²) in [6, 6.07) is 3.78. The second-order valence-corrected chi connectivity index (χ2v) is 3.85. The number of aliphatic hydroxyl groups is 1. The minimum atomic E-state index is -0.479. The first-order chi connectivity index (χ1) is 7.63. The Hall–Kier alpha value is -1.17. The average molecular weight is 225 g/mol. The van der Waals surface area contributed by atoms with Gasteiger partial charge in [0.2, 0.25) is 0 Å². The first-order valence-corrected chi connectivity index (χ1v) is 5.18. The maximum absolute atomic E-state index is 9.55. The maximum atomic E-state index is 9.55. The van der Waals surface area contributed by atoms with Crippen molar-refractivity contribution in [3.63, 3.8) is 0 Å². The largest absolute Gasteiger partial charge is 0.389 e. The number of hydrogen-bond acceptors (Lipinski definition) is 5. The van der Waals surface area contributed by atoms with Crippen molar-refractivity contribution in [3.05, 3.63) is 23.9 Å². The van der Waals surface area contributed by atoms with Gasteiger partial charge in [0, 0.05) is 32.0 Å². The molecule has 1 aromatic heterocycles. The summed E-state index contributed by atoms with van der Waals surface area (Å²) >= 11 is 0. The van der Waals surface area contributed by atoms with Gasteiger partial charge in [0.15, 0.2) is 0 Å². The van der Waals surface area contributed by atoms with Crippen LogP contribution in [0.4, 0.5) is 5.82 Å². The molecule has 90 valence electrons. The molecule has 5 heteroatoms. The summed E-state index contributed by atoms with van der Waals surface area (Å²) in [5, 5.41) is 9.55. The zero-order chi connectivity index (χ0) is 12.0. The van der Waals surface area contributed by atoms with Crippen molar-refractivity contribution in [2.45, 2.75) is 12.6 Å². The number of methoxy groups -OCH3 is 1. The fraction of sp³-hybridized carbons (Fsp3) is 0.545. The minimum absolute atomic E-state index is 0.340. The number of aromatic nitrogens is 1. The summed E-state index contributed by atoms with van der Waals surface area (Å²) in [4.78, 5) is 5.99. The Bertz CT molecular complexity index is 320. The highest BCUT2D eigenvalue weighted by Gasteiger charge is 2.09. The van der Waals surface area contributed by atoms with Gasteiger partial charge >= 0.3 is 0 Å². The Kier molecular flexibility index (Phi) is 5.18. The molecule has 16 heavy (non-hydrogen) atoms. The van der Waals surface area contributed by atoms with Gasteiger partial charge in [-0.3, -0.25) is 4.90 Å². The molecule has 3 N–H and O–H groups in total. The first kappa shape index (κ1) is 12.9. The summed E-state index contributed by atoms with van der Waals surface area (Å²) in [5.41, 5.74) is 6.70. The van der Waals surface area contributed by atoms with E-state index < -0.39 is 6.10 Å². The lowest BCUT2D eigenvalue weighted by Crippen LogP contribution is -2.31. The van der Waals surface area contributed by atoms with E-state index in [0.717, 1.165) is 5.56 Å². The molecule has 0 amide bonds. The van der Waals surface area contributed by atoms with Gasteiger partial charge in [-0.15, -0.1) is 0 Å². The number of nitrogens with zero attached hydrogens (tertiary/aromatic N) is 2. The molecule has 0 aliphatic heterocycles. The summed E-state index contributed by atoms with van der Waals surface area (Å²) in [6.07, 6.45) is 1.19. The molecule has 0 bridgehead atoms. The van der Waals surface area contributed by atoms with E-state index >= 15 is 0 Å². The van der Waals surface area contributed by atoms with Gasteiger partial charge in [-0.2, -0.15) is 0 Å². The average Bonchev–Trinajstić information content (AvgIpc) is 2.21. The zero-order valence-corrected chi connectivity index (χ0v) is 9.76. The Balaban J connectivity index is 2.45. The Morgan fingerprint density at radius 1 is 1.62 bits per heavy atom. The number of hydrogen-bond donors (Lipinski definition) is 2. The van der Waals surface area contributed by atoms with Crippen LogP contribution in [0.1, 0.15) is 5.56 Å². The van der Waals surface area contributed by atoms with Crippen molar-refractivity contribution in [1.29, 1.82) is 0 Å². The van der Waals surface area contributed by atoms with E-state index in [-0.39, 0.29) is 0 Å². The molecule has 1 heterocycles. The highest BCUT2D eigenvalue weighted by Crippen LogP contribution is 2.09. The molecule has 1 rings (SSSR count). The van der Waals surface area contributed by atoms with E-state index in [0.29, 0.717) is 25.5 Å². The van der Waals surface area contributed by atoms with Crippen LogP contribution in [0.2, 0.25) is 0 Å². The van der Waals surface area contributed by atoms with Crippen molar-refractivity contribution in [1.82, 2.24) is 9.88 Å². The van der Waals surface area contributed by atoms with Crippen molar-refractivity contribution < 1.29 is 9.84 Å². The lowest BCUT2D eigenvalue weighted by molar-refractivity contribution is 0.0419. The van der Waals surface area contributed by atoms with Crippen molar-refractivity contribution >= 4 is 5.82 Å². The predicted octanol–water partition coefficient (Wildman–Crippen LogP) is 0.103. The van der Waals surface area contributed by atoms with Crippen LogP contribution in [-0.2, 0) is 11.3 Å². The van der Waals surface area contributed by atoms with Crippen LogP contribution < -0.4 is 5.73 Å². The monoisotopic (exact) mass is 225 g/mol. The third kappa shape index (κ3) is 4.14. The summed E-state index contributed by atoms with van der Waals surface area (Å²) in [5.74, 6) is 0.538. The summed E-state index contributed by atoms with van der Waals surface area (Å²) in [6.45, 7) is 1.55. The molecule has 0 aliphatic carbocycles. The molecule has 0 radical (unpaired) electrons. The number of rotatable bonds is 6. The van der Waals surface area contributed by atoms with E-state index in [2.05, 4.69) is 4.98 Å². The van der Waals surface area contributed by atoms with E-state index in [1.54, 1.807) is 13.3 Å². The van der Waals surface area contributed by atoms with Crippen LogP contribution >= 0.6 is 0 Å². The van der Waals surface area contributed by atoms with Crippen LogP contribution in [0.5, 0.6) is 0 Å². The van der Waals surface area contributed by atoms with Gasteiger partial charge in [0.1, 0.15) is 5.82 Å². The summed E-state index contributed by atoms with van der Waals surface area (Å²) in [7, 11) is 3.49. The number of anilines is 1. The number of pyridine rings is 1. The molecule has 1 atom stereocenters. The second-order valence-electron chi connectivity index (χ2n) is 3.85. The van der Waals surface area contributed by atoms with Crippen LogP contribution in [0.3, 0.4) is 0 Å². The Morgan fingerprint density at radius 3 is 3.00 bits per heavy atom. The summed E-state index contributed by atoms with van der Waals surface area (Å²) < 4.78 is 4.86. The van der Waals surface area contributed by atoms with E-state index in [9.17, 15) is 5.11 Å². The van der Waals surface area contributed by atoms with Crippen LogP contribution in [-0.4, -0.2) is 48.4 Å². The molecular formula is C11H19N3O2. The highest BCUT2D eigenvalue weighted by atomic mass is 16.5. The quantitative estimate of drug-likeness (QED) is 0.718. The van der Waals surface area contributed by atoms with Crippen molar-refractivity contribution in [2.24, 2.45) is 0 Å². The standard InChI is InChI=1S/C11H19N3O2/c1-14(7-10(15)8-16-2)6-9-4-3-5-13-11(9)12/h3-5,10,15H,6-8H2,1-2H3,(H2,12,13). The fourth-order valence-corrected chi connectivity index (χ4v) is 1.54. The smallest absolute Gasteiger partial charge is 0.127 e. The molecule has 1 aromatic rings. The Morgan fingerprint density at radius 2 is 2.38 bits per heavy atom. The highest BCUT2D eigenvalue weighted by molar-refractivity contribution is 5.38. The number of likely N-dealkylation sites (N-methyl/N-ethyl adjacent to an activating group) is 1. The van der Waals surface area contributed by atoms with E-state index in [1.807, 2.05) is 24.1 Å². The van der Waals surface area contributed by atoms with Gasteiger partial charge < -0.3 is 15.6 Å². The van der Waals surface area contributed by atoms with Crippen LogP contribution in [0.15, 0.2) is 18.3 Å². The number of ether oxygens (including phenoxy) is 1. The zero-order valence-electron chi connectivity index (χ0n) is 9.76. The van der Waals surface area contributed by atoms with Gasteiger partial charge in [-0.05, 0) is 13.1 Å². The lowest BCUT2D eigenvalue weighted by atomic mass is 10.2. The van der Waals surface area contributed by atoms with Crippen molar-refractivity contribution in [2.75, 3.05) is 33.0 Å². The van der Waals surface area contributed by atoms with Gasteiger partial charge in [0.25, 0.3) is 0 Å². The van der Waals surface area contributed by atoms with Gasteiger partial charge in [-0.25, -0.2) is 4.98 Å². The molecule has 1 unspecified atom stereocenters. The predicted molar refractivity (Wildman–Crippen MR) is 62.9 cm³/mol. The minimum Gasteiger partial charge on any atom is -0.389 e. The number of nitrogen functional groups attached to an aromatic ring is 1. The maximum Gasteiger partial charge on any atom is 0.127 e. The number of aliphatic hydroxyl groups excluding tert-OH is 1. The molecule has 5 nitrogen and oxygen atoms in total. The third-order valence-electron chi connectivity index (χ3n) is 2.25. The van der Waals surface area contributed by atoms with Gasteiger partial charge in [-0.1, -0.05) is 6.07 Å². The third-order valence-corrected chi connectivity index (χ3v) is 2.25. The molecule has 0 saturated heterocycles. The SMILES string of the molecule is COCC(O)CN(C)Cc1cccnc1N. The van der Waals surface area contributed by atoms with Crippen LogP contribution in [0, 0.1) is 0 Å². The van der Waals surface area contributed by atoms with E-state index in [1.165, 1.54) is 0 Å². The van der Waals surface area contributed by atoms with E-state index in [4.69, 9.17) is 10.5 Å². The van der Waals surface area contributed by atoms with Crippen molar-refractivity contribution in [3.8, 4) is 0 Å². The molecular weight excluding hydrogens is 206 g/mol. The van der Waals surface area contributed by atoms with Crippen LogP contribution in [0.25, 0.3) is 0 Å². The molecule has 0 aromatic carbocycles. The number of nitrogens with two attached hydrogens (primary N) is 1. The Labute approximate surface area is 95.8 Å².